The molecule has 2 N–H and O–H groups in total. The van der Waals surface area contributed by atoms with Crippen LogP contribution in [0.1, 0.15) is 28.8 Å². The van der Waals surface area contributed by atoms with Gasteiger partial charge in [-0.2, -0.15) is 4.98 Å². The third-order valence-electron chi connectivity index (χ3n) is 4.03. The summed E-state index contributed by atoms with van der Waals surface area (Å²) in [5, 5.41) is 4.09. The van der Waals surface area contributed by atoms with Gasteiger partial charge in [0.05, 0.1) is 20.1 Å². The summed E-state index contributed by atoms with van der Waals surface area (Å²) < 4.78 is 16.0. The van der Waals surface area contributed by atoms with Gasteiger partial charge in [-0.1, -0.05) is 41.6 Å². The lowest BCUT2D eigenvalue weighted by Gasteiger charge is -2.09. The van der Waals surface area contributed by atoms with Gasteiger partial charge in [-0.05, 0) is 23.3 Å². The lowest BCUT2D eigenvalue weighted by atomic mass is 9.99. The van der Waals surface area contributed by atoms with E-state index in [0.717, 1.165) is 11.1 Å². The normalized spacial score (nSPS) is 11.5. The molecule has 0 aliphatic carbocycles. The molecule has 6 nitrogen and oxygen atoms in total. The highest BCUT2D eigenvalue weighted by Gasteiger charge is 2.19. The number of aromatic nitrogens is 2. The Kier molecular flexibility index (Phi) is 7.00. The van der Waals surface area contributed by atoms with E-state index in [2.05, 4.69) is 10.1 Å². The molecule has 2 aromatic carbocycles. The lowest BCUT2D eigenvalue weighted by molar-refractivity contribution is 0.354. The predicted octanol–water partition coefficient (Wildman–Crippen LogP) is 3.19. The molecule has 1 heterocycles. The van der Waals surface area contributed by atoms with Gasteiger partial charge in [0.15, 0.2) is 17.3 Å². The molecular formula is C19H22ClN3O3. The zero-order chi connectivity index (χ0) is 17.6. The molecule has 0 saturated heterocycles. The quantitative estimate of drug-likeness (QED) is 0.682. The molecule has 26 heavy (non-hydrogen) atoms. The van der Waals surface area contributed by atoms with Crippen molar-refractivity contribution in [3.63, 3.8) is 0 Å². The first-order valence-electron chi connectivity index (χ1n) is 8.03. The van der Waals surface area contributed by atoms with Crippen molar-refractivity contribution in [1.29, 1.82) is 0 Å². The van der Waals surface area contributed by atoms with Crippen LogP contribution >= 0.6 is 12.4 Å². The minimum absolute atomic E-state index is 0. The molecule has 1 atom stereocenters. The summed E-state index contributed by atoms with van der Waals surface area (Å²) in [6, 6.07) is 15.7. The molecule has 138 valence electrons. The third-order valence-corrected chi connectivity index (χ3v) is 4.03. The van der Waals surface area contributed by atoms with Crippen molar-refractivity contribution in [2.45, 2.75) is 12.3 Å². The fraction of sp³-hybridized carbons (Fsp3) is 0.263. The van der Waals surface area contributed by atoms with Gasteiger partial charge in [0.2, 0.25) is 5.89 Å². The van der Waals surface area contributed by atoms with Crippen molar-refractivity contribution in [1.82, 2.24) is 10.1 Å². The number of halogens is 1. The maximum atomic E-state index is 5.91. The monoisotopic (exact) mass is 375 g/mol. The highest BCUT2D eigenvalue weighted by atomic mass is 35.5. The van der Waals surface area contributed by atoms with Gasteiger partial charge < -0.3 is 19.7 Å². The van der Waals surface area contributed by atoms with Crippen molar-refractivity contribution in [3.8, 4) is 11.5 Å². The van der Waals surface area contributed by atoms with E-state index >= 15 is 0 Å². The molecule has 0 bridgehead atoms. The van der Waals surface area contributed by atoms with Crippen LogP contribution in [0.25, 0.3) is 0 Å². The summed E-state index contributed by atoms with van der Waals surface area (Å²) in [4.78, 5) is 4.52. The van der Waals surface area contributed by atoms with Crippen LogP contribution in [-0.2, 0) is 6.42 Å². The minimum atomic E-state index is -0.104. The number of hydrogen-bond donors (Lipinski definition) is 1. The standard InChI is InChI=1S/C19H21N3O3.ClH/c1-23-16-9-8-13(10-17(16)24-2)11-18-21-19(25-22-18)15(12-20)14-6-4-3-5-7-14;/h3-10,15H,11-12,20H2,1-2H3;1H. The molecule has 1 aromatic heterocycles. The van der Waals surface area contributed by atoms with Crippen molar-refractivity contribution >= 4 is 12.4 Å². The van der Waals surface area contributed by atoms with Gasteiger partial charge in [-0.15, -0.1) is 12.4 Å². The van der Waals surface area contributed by atoms with Crippen LogP contribution in [0.5, 0.6) is 11.5 Å². The molecule has 3 rings (SSSR count). The van der Waals surface area contributed by atoms with Gasteiger partial charge in [0, 0.05) is 13.0 Å². The maximum absolute atomic E-state index is 5.91. The Balaban J connectivity index is 0.00000243. The molecule has 0 aliphatic rings. The average Bonchev–Trinajstić information content (AvgIpc) is 3.11. The molecule has 1 unspecified atom stereocenters. The van der Waals surface area contributed by atoms with Crippen LogP contribution in [0.2, 0.25) is 0 Å². The molecule has 7 heteroatoms. The Hall–Kier alpha value is -2.57. The molecule has 0 saturated carbocycles. The number of methoxy groups -OCH3 is 2. The number of rotatable bonds is 7. The maximum Gasteiger partial charge on any atom is 0.235 e. The van der Waals surface area contributed by atoms with Gasteiger partial charge in [0.25, 0.3) is 0 Å². The van der Waals surface area contributed by atoms with E-state index in [-0.39, 0.29) is 18.3 Å². The fourth-order valence-corrected chi connectivity index (χ4v) is 2.72. The number of ether oxygens (including phenoxy) is 2. The van der Waals surface area contributed by atoms with Crippen molar-refractivity contribution in [2.75, 3.05) is 20.8 Å². The van der Waals surface area contributed by atoms with Crippen molar-refractivity contribution in [3.05, 3.63) is 71.4 Å². The highest BCUT2D eigenvalue weighted by Crippen LogP contribution is 2.28. The van der Waals surface area contributed by atoms with Crippen molar-refractivity contribution in [2.24, 2.45) is 5.73 Å². The number of nitrogens with zero attached hydrogens (tertiary/aromatic N) is 2. The topological polar surface area (TPSA) is 83.4 Å². The first-order chi connectivity index (χ1) is 12.2. The molecular weight excluding hydrogens is 354 g/mol. The van der Waals surface area contributed by atoms with Crippen LogP contribution in [0.3, 0.4) is 0 Å². The first-order valence-corrected chi connectivity index (χ1v) is 8.03. The second-order valence-corrected chi connectivity index (χ2v) is 5.61. The van der Waals surface area contributed by atoms with Crippen LogP contribution in [0, 0.1) is 0 Å². The van der Waals surface area contributed by atoms with Gasteiger partial charge in [0.1, 0.15) is 0 Å². The highest BCUT2D eigenvalue weighted by molar-refractivity contribution is 5.85. The van der Waals surface area contributed by atoms with Gasteiger partial charge >= 0.3 is 0 Å². The minimum Gasteiger partial charge on any atom is -0.493 e. The number of hydrogen-bond acceptors (Lipinski definition) is 6. The fourth-order valence-electron chi connectivity index (χ4n) is 2.72. The Morgan fingerprint density at radius 3 is 2.42 bits per heavy atom. The second kappa shape index (κ2) is 9.22. The lowest BCUT2D eigenvalue weighted by Crippen LogP contribution is -2.14. The van der Waals surface area contributed by atoms with E-state index < -0.39 is 0 Å². The van der Waals surface area contributed by atoms with Crippen LogP contribution in [-0.4, -0.2) is 30.9 Å². The molecule has 0 radical (unpaired) electrons. The zero-order valence-electron chi connectivity index (χ0n) is 14.7. The number of nitrogens with two attached hydrogens (primary N) is 1. The Labute approximate surface area is 158 Å². The molecule has 3 aromatic rings. The molecule has 0 aliphatic heterocycles. The van der Waals surface area contributed by atoms with E-state index in [1.54, 1.807) is 14.2 Å². The largest absolute Gasteiger partial charge is 0.493 e. The van der Waals surface area contributed by atoms with E-state index in [1.165, 1.54) is 0 Å². The second-order valence-electron chi connectivity index (χ2n) is 5.61. The Morgan fingerprint density at radius 1 is 1.04 bits per heavy atom. The first kappa shape index (κ1) is 19.8. The third kappa shape index (κ3) is 4.33. The summed E-state index contributed by atoms with van der Waals surface area (Å²) in [6.07, 6.45) is 0.538. The summed E-state index contributed by atoms with van der Waals surface area (Å²) >= 11 is 0. The predicted molar refractivity (Wildman–Crippen MR) is 101 cm³/mol. The Bertz CT molecular complexity index is 824. The van der Waals surface area contributed by atoms with Crippen LogP contribution in [0.4, 0.5) is 0 Å². The Morgan fingerprint density at radius 2 is 1.77 bits per heavy atom. The van der Waals surface area contributed by atoms with E-state index in [9.17, 15) is 0 Å². The smallest absolute Gasteiger partial charge is 0.235 e. The summed E-state index contributed by atoms with van der Waals surface area (Å²) in [5.74, 6) is 2.40. The zero-order valence-corrected chi connectivity index (χ0v) is 15.5. The van der Waals surface area contributed by atoms with E-state index in [0.29, 0.717) is 36.2 Å². The van der Waals surface area contributed by atoms with Crippen LogP contribution in [0.15, 0.2) is 53.1 Å². The van der Waals surface area contributed by atoms with E-state index in [4.69, 9.17) is 19.7 Å². The van der Waals surface area contributed by atoms with Gasteiger partial charge in [-0.25, -0.2) is 0 Å². The summed E-state index contributed by atoms with van der Waals surface area (Å²) in [6.45, 7) is 0.405. The average molecular weight is 376 g/mol. The van der Waals surface area contributed by atoms with Crippen LogP contribution < -0.4 is 15.2 Å². The van der Waals surface area contributed by atoms with E-state index in [1.807, 2.05) is 48.5 Å². The molecule has 0 fully saturated rings. The van der Waals surface area contributed by atoms with Gasteiger partial charge in [-0.3, -0.25) is 0 Å². The summed E-state index contributed by atoms with van der Waals surface area (Å²) in [5.41, 5.74) is 7.98. The molecule has 0 spiro atoms. The SMILES string of the molecule is COc1ccc(Cc2noc(C(CN)c3ccccc3)n2)cc1OC.Cl. The summed E-state index contributed by atoms with van der Waals surface area (Å²) in [7, 11) is 3.22. The van der Waals surface area contributed by atoms with Crippen molar-refractivity contribution < 1.29 is 14.0 Å². The number of benzene rings is 2. The molecule has 0 amide bonds.